The summed E-state index contributed by atoms with van der Waals surface area (Å²) in [7, 11) is 1.66. The van der Waals surface area contributed by atoms with Crippen LogP contribution < -0.4 is 26.2 Å². The topological polar surface area (TPSA) is 183 Å². The average molecular weight is 960 g/mol. The van der Waals surface area contributed by atoms with Crippen molar-refractivity contribution >= 4 is 58.5 Å². The number of amides is 5. The first-order valence-corrected chi connectivity index (χ1v) is 25.1. The standard InChI is InChI=1S/C52H62FN9O6S/c1-51(54)16-20-61(21-17-51)44-30-56-47(31-55-44)69-39-8-6-7-37(27-39)57-45(63)9-4-3-5-24-68-38-28-52(29-38)18-22-60(23-19-52)42-13-11-35(26-41(42)53)49(66)59(2)32-34-10-12-40-36(25-34)33-62(50(40)67)43-14-15-46(64)58-48(43)65/h6-8,10-13,25-27,30-31,38,43H,3-5,9,14-24,28-29,32-33,54H2,1-2H3,(H,57,63)(H,58,64,65). The molecular weight excluding hydrogens is 898 g/mol. The van der Waals surface area contributed by atoms with Gasteiger partial charge in [-0.3, -0.25) is 29.3 Å². The van der Waals surface area contributed by atoms with E-state index in [0.29, 0.717) is 24.3 Å². The highest BCUT2D eigenvalue weighted by Gasteiger charge is 2.46. The van der Waals surface area contributed by atoms with Gasteiger partial charge < -0.3 is 35.4 Å². The number of unbranched alkanes of at least 4 members (excludes halogenated alkanes) is 2. The molecule has 4 aliphatic heterocycles. The number of hydrogen-bond donors (Lipinski definition) is 3. The van der Waals surface area contributed by atoms with Crippen molar-refractivity contribution in [2.75, 3.05) is 55.0 Å². The second-order valence-electron chi connectivity index (χ2n) is 19.9. The maximum absolute atomic E-state index is 15.6. The summed E-state index contributed by atoms with van der Waals surface area (Å²) in [5.74, 6) is -0.926. The molecule has 1 spiro atoms. The van der Waals surface area contributed by atoms with Crippen molar-refractivity contribution < 1.29 is 33.1 Å². The SMILES string of the molecule is CN(Cc1ccc2c(c1)CN(C1CCC(=O)NC1=O)C2=O)C(=O)c1ccc(N2CCC3(CC2)CC(OCCCCCC(=O)Nc2cccc(Sc4cnc(N5CCC(C)(N)CC5)cn4)c2)C3)c(F)c1. The number of carbonyl (C=O) groups is 5. The number of piperidine rings is 3. The number of imide groups is 1. The van der Waals surface area contributed by atoms with Crippen molar-refractivity contribution in [2.45, 2.75) is 125 Å². The number of benzene rings is 3. The summed E-state index contributed by atoms with van der Waals surface area (Å²) in [6.07, 6.45) is 13.1. The normalized spacial score (nSPS) is 19.9. The second-order valence-corrected chi connectivity index (χ2v) is 21.0. The number of hydrogen-bond acceptors (Lipinski definition) is 12. The van der Waals surface area contributed by atoms with Gasteiger partial charge >= 0.3 is 0 Å². The predicted molar refractivity (Wildman–Crippen MR) is 261 cm³/mol. The molecule has 0 radical (unpaired) electrons. The zero-order valence-electron chi connectivity index (χ0n) is 39.5. The second kappa shape index (κ2) is 20.6. The van der Waals surface area contributed by atoms with Crippen LogP contribution in [0.5, 0.6) is 0 Å². The van der Waals surface area contributed by atoms with Crippen LogP contribution in [0.2, 0.25) is 0 Å². The maximum Gasteiger partial charge on any atom is 0.255 e. The van der Waals surface area contributed by atoms with E-state index in [0.717, 1.165) is 117 Å². The summed E-state index contributed by atoms with van der Waals surface area (Å²) < 4.78 is 21.9. The highest BCUT2D eigenvalue weighted by molar-refractivity contribution is 7.99. The Kier molecular flexibility index (Phi) is 14.4. The van der Waals surface area contributed by atoms with Gasteiger partial charge in [0.05, 0.1) is 24.2 Å². The van der Waals surface area contributed by atoms with Gasteiger partial charge in [0.1, 0.15) is 22.7 Å². The van der Waals surface area contributed by atoms with Gasteiger partial charge in [-0.2, -0.15) is 0 Å². The molecule has 69 heavy (non-hydrogen) atoms. The fourth-order valence-corrected chi connectivity index (χ4v) is 11.2. The summed E-state index contributed by atoms with van der Waals surface area (Å²) in [5, 5.41) is 6.15. The van der Waals surface area contributed by atoms with Gasteiger partial charge in [-0.1, -0.05) is 36.4 Å². The first kappa shape index (κ1) is 48.1. The van der Waals surface area contributed by atoms with Crippen LogP contribution in [-0.2, 0) is 32.2 Å². The maximum atomic E-state index is 15.6. The van der Waals surface area contributed by atoms with Crippen LogP contribution in [0.3, 0.4) is 0 Å². The number of nitrogens with two attached hydrogens (primary N) is 1. The summed E-state index contributed by atoms with van der Waals surface area (Å²) >= 11 is 1.51. The Balaban J connectivity index is 0.645. The molecule has 4 N–H and O–H groups in total. The zero-order valence-corrected chi connectivity index (χ0v) is 40.3. The third kappa shape index (κ3) is 11.4. The summed E-state index contributed by atoms with van der Waals surface area (Å²) in [6, 6.07) is 17.2. The Hall–Kier alpha value is -5.91. The molecule has 3 aromatic carbocycles. The van der Waals surface area contributed by atoms with Crippen LogP contribution >= 0.6 is 11.8 Å². The molecule has 5 aliphatic rings. The third-order valence-electron chi connectivity index (χ3n) is 14.6. The molecule has 1 atom stereocenters. The van der Waals surface area contributed by atoms with E-state index < -0.39 is 17.8 Å². The molecule has 4 fully saturated rings. The number of carbonyl (C=O) groups excluding carboxylic acids is 5. The molecule has 0 bridgehead atoms. The molecule has 1 aromatic heterocycles. The Morgan fingerprint density at radius 2 is 1.72 bits per heavy atom. The lowest BCUT2D eigenvalue weighted by Gasteiger charge is -2.52. The largest absolute Gasteiger partial charge is 0.378 e. The highest BCUT2D eigenvalue weighted by Crippen LogP contribution is 2.51. The molecule has 15 nitrogen and oxygen atoms in total. The average Bonchev–Trinajstić information content (AvgIpc) is 3.64. The van der Waals surface area contributed by atoms with E-state index in [1.807, 2.05) is 36.5 Å². The monoisotopic (exact) mass is 959 g/mol. The van der Waals surface area contributed by atoms with Crippen LogP contribution in [0.15, 0.2) is 83.0 Å². The van der Waals surface area contributed by atoms with Crippen molar-refractivity contribution in [1.82, 2.24) is 25.1 Å². The van der Waals surface area contributed by atoms with E-state index in [1.54, 1.807) is 37.5 Å². The lowest BCUT2D eigenvalue weighted by atomic mass is 9.61. The molecule has 3 saturated heterocycles. The highest BCUT2D eigenvalue weighted by atomic mass is 32.2. The number of nitrogens with one attached hydrogen (secondary N) is 2. The van der Waals surface area contributed by atoms with Crippen LogP contribution in [0.1, 0.15) is 116 Å². The van der Waals surface area contributed by atoms with Gasteiger partial charge in [-0.15, -0.1) is 0 Å². The number of anilines is 3. The lowest BCUT2D eigenvalue weighted by Crippen LogP contribution is -2.52. The van der Waals surface area contributed by atoms with Gasteiger partial charge in [0.2, 0.25) is 17.7 Å². The molecule has 4 aromatic rings. The van der Waals surface area contributed by atoms with Crippen molar-refractivity contribution in [1.29, 1.82) is 0 Å². The van der Waals surface area contributed by atoms with Crippen molar-refractivity contribution in [3.63, 3.8) is 0 Å². The molecule has 5 heterocycles. The molecule has 5 amide bonds. The van der Waals surface area contributed by atoms with E-state index in [-0.39, 0.29) is 72.2 Å². The quantitative estimate of drug-likeness (QED) is 0.0768. The molecule has 1 aliphatic carbocycles. The Labute approximate surface area is 407 Å². The minimum atomic E-state index is -0.698. The number of rotatable bonds is 16. The van der Waals surface area contributed by atoms with E-state index >= 15 is 4.39 Å². The number of nitrogens with zero attached hydrogens (tertiary/aromatic N) is 6. The number of ether oxygens (including phenoxy) is 1. The van der Waals surface area contributed by atoms with Crippen LogP contribution in [-0.4, -0.2) is 107 Å². The number of fused-ring (bicyclic) bond motifs is 1. The Bertz CT molecular complexity index is 2570. The predicted octanol–water partition coefficient (Wildman–Crippen LogP) is 7.08. The van der Waals surface area contributed by atoms with Gasteiger partial charge in [-0.25, -0.2) is 14.4 Å². The van der Waals surface area contributed by atoms with Gasteiger partial charge in [-0.05, 0) is 124 Å². The van der Waals surface area contributed by atoms with Crippen LogP contribution in [0.25, 0.3) is 0 Å². The number of halogens is 1. The van der Waals surface area contributed by atoms with E-state index in [2.05, 4.69) is 37.3 Å². The Morgan fingerprint density at radius 3 is 2.46 bits per heavy atom. The summed E-state index contributed by atoms with van der Waals surface area (Å²) in [6.45, 7) is 6.49. The van der Waals surface area contributed by atoms with E-state index in [1.165, 1.54) is 27.6 Å². The van der Waals surface area contributed by atoms with E-state index in [4.69, 9.17) is 10.5 Å². The lowest BCUT2D eigenvalue weighted by molar-refractivity contribution is -0.137. The van der Waals surface area contributed by atoms with Gasteiger partial charge in [0.25, 0.3) is 11.8 Å². The minimum absolute atomic E-state index is 0.00557. The number of aromatic nitrogens is 2. The van der Waals surface area contributed by atoms with Gasteiger partial charge in [0.15, 0.2) is 0 Å². The molecule has 1 unspecified atom stereocenters. The fourth-order valence-electron chi connectivity index (χ4n) is 10.4. The molecule has 9 rings (SSSR count). The zero-order chi connectivity index (χ0) is 48.3. The third-order valence-corrected chi connectivity index (χ3v) is 15.5. The molecule has 1 saturated carbocycles. The minimum Gasteiger partial charge on any atom is -0.378 e. The van der Waals surface area contributed by atoms with Gasteiger partial charge in [0, 0.05) is 93.0 Å². The molecular formula is C52H62FN9O6S. The first-order chi connectivity index (χ1) is 33.2. The van der Waals surface area contributed by atoms with Crippen LogP contribution in [0.4, 0.5) is 21.6 Å². The van der Waals surface area contributed by atoms with Crippen molar-refractivity contribution in [3.05, 3.63) is 101 Å². The Morgan fingerprint density at radius 1 is 0.942 bits per heavy atom. The van der Waals surface area contributed by atoms with Crippen molar-refractivity contribution in [3.8, 4) is 0 Å². The van der Waals surface area contributed by atoms with Crippen LogP contribution in [0, 0.1) is 11.2 Å². The summed E-state index contributed by atoms with van der Waals surface area (Å²) in [4.78, 5) is 81.0. The first-order valence-electron chi connectivity index (χ1n) is 24.3. The molecule has 17 heteroatoms. The van der Waals surface area contributed by atoms with Crippen molar-refractivity contribution in [2.24, 2.45) is 11.1 Å². The summed E-state index contributed by atoms with van der Waals surface area (Å²) in [5.41, 5.74) is 9.97. The van der Waals surface area contributed by atoms with E-state index in [9.17, 15) is 24.0 Å². The molecule has 364 valence electrons. The smallest absolute Gasteiger partial charge is 0.255 e. The fraction of sp³-hybridized carbons (Fsp3) is 0.481.